The predicted octanol–water partition coefficient (Wildman–Crippen LogP) is 3.91. The molecule has 0 unspecified atom stereocenters. The van der Waals surface area contributed by atoms with Crippen LogP contribution in [0.1, 0.15) is 33.4 Å². The van der Waals surface area contributed by atoms with Crippen molar-refractivity contribution in [2.24, 2.45) is 0 Å². The van der Waals surface area contributed by atoms with Gasteiger partial charge in [-0.2, -0.15) is 0 Å². The summed E-state index contributed by atoms with van der Waals surface area (Å²) >= 11 is 1.56. The normalized spacial score (nSPS) is 11.3. The van der Waals surface area contributed by atoms with Crippen LogP contribution in [0, 0.1) is 18.8 Å². The van der Waals surface area contributed by atoms with Gasteiger partial charge in [-0.05, 0) is 43.5 Å². The van der Waals surface area contributed by atoms with Gasteiger partial charge >= 0.3 is 0 Å². The Morgan fingerprint density at radius 1 is 1.24 bits per heavy atom. The topological polar surface area (TPSA) is 73.3 Å². The lowest BCUT2D eigenvalue weighted by Crippen LogP contribution is -2.19. The molecule has 1 atom stereocenters. The minimum Gasteiger partial charge on any atom is -0.488 e. The van der Waals surface area contributed by atoms with Crippen LogP contribution in [0.2, 0.25) is 0 Å². The third-order valence-electron chi connectivity index (χ3n) is 3.78. The van der Waals surface area contributed by atoms with Crippen molar-refractivity contribution >= 4 is 23.1 Å². The largest absolute Gasteiger partial charge is 0.488 e. The monoisotopic (exact) mass is 407 g/mol. The molecule has 1 aromatic carbocycles. The highest BCUT2D eigenvalue weighted by Gasteiger charge is 2.12. The third-order valence-corrected chi connectivity index (χ3v) is 4.57. The number of methoxy groups -OCH3 is 1. The Hall–Kier alpha value is -3.21. The van der Waals surface area contributed by atoms with E-state index in [1.807, 2.05) is 37.4 Å². The van der Waals surface area contributed by atoms with Crippen molar-refractivity contribution in [3.63, 3.8) is 0 Å². The maximum atomic E-state index is 12.7. The van der Waals surface area contributed by atoms with E-state index in [0.717, 1.165) is 10.6 Å². The molecule has 1 N–H and O–H groups in total. The maximum Gasteiger partial charge on any atom is 0.257 e. The van der Waals surface area contributed by atoms with E-state index in [4.69, 9.17) is 9.47 Å². The number of aryl methyl sites for hydroxylation is 1. The van der Waals surface area contributed by atoms with E-state index < -0.39 is 0 Å². The zero-order chi connectivity index (χ0) is 20.6. The molecular weight excluding hydrogens is 386 g/mol. The van der Waals surface area contributed by atoms with Crippen LogP contribution in [0.4, 0.5) is 5.82 Å². The molecule has 3 rings (SSSR count). The highest BCUT2D eigenvalue weighted by molar-refractivity contribution is 7.10. The van der Waals surface area contributed by atoms with Crippen molar-refractivity contribution < 1.29 is 14.3 Å². The van der Waals surface area contributed by atoms with Gasteiger partial charge < -0.3 is 14.8 Å². The molecule has 0 fully saturated rings. The van der Waals surface area contributed by atoms with Crippen LogP contribution in [-0.2, 0) is 4.74 Å². The Morgan fingerprint density at radius 2 is 2.10 bits per heavy atom. The van der Waals surface area contributed by atoms with Crippen molar-refractivity contribution in [2.75, 3.05) is 19.0 Å². The van der Waals surface area contributed by atoms with Gasteiger partial charge in [0.05, 0.1) is 29.6 Å². The fourth-order valence-corrected chi connectivity index (χ4v) is 3.07. The van der Waals surface area contributed by atoms with Crippen LogP contribution >= 0.6 is 11.3 Å². The molecule has 0 aliphatic rings. The van der Waals surface area contributed by atoms with Crippen LogP contribution in [0.5, 0.6) is 5.75 Å². The number of hydrogen-bond acceptors (Lipinski definition) is 6. The van der Waals surface area contributed by atoms with Gasteiger partial charge in [-0.15, -0.1) is 11.3 Å². The second-order valence-corrected chi connectivity index (χ2v) is 7.30. The van der Waals surface area contributed by atoms with Gasteiger partial charge in [0.1, 0.15) is 11.9 Å². The number of aromatic nitrogens is 2. The predicted molar refractivity (Wildman–Crippen MR) is 113 cm³/mol. The first-order chi connectivity index (χ1) is 14.0. The molecule has 0 saturated heterocycles. The van der Waals surface area contributed by atoms with Gasteiger partial charge in [-0.1, -0.05) is 17.9 Å². The highest BCUT2D eigenvalue weighted by Crippen LogP contribution is 2.20. The zero-order valence-electron chi connectivity index (χ0n) is 16.4. The summed E-state index contributed by atoms with van der Waals surface area (Å²) in [5, 5.41) is 4.72. The first kappa shape index (κ1) is 20.5. The third kappa shape index (κ3) is 6.14. The number of rotatable bonds is 6. The lowest BCUT2D eigenvalue weighted by Gasteiger charge is -2.15. The highest BCUT2D eigenvalue weighted by atomic mass is 32.1. The quantitative estimate of drug-likeness (QED) is 0.627. The van der Waals surface area contributed by atoms with Crippen molar-refractivity contribution in [3.8, 4) is 17.6 Å². The summed E-state index contributed by atoms with van der Waals surface area (Å²) in [4.78, 5) is 22.0. The van der Waals surface area contributed by atoms with E-state index >= 15 is 0 Å². The summed E-state index contributed by atoms with van der Waals surface area (Å²) in [6, 6.07) is 9.12. The lowest BCUT2D eigenvalue weighted by atomic mass is 10.1. The van der Waals surface area contributed by atoms with Gasteiger partial charge in [-0.25, -0.2) is 4.98 Å². The summed E-state index contributed by atoms with van der Waals surface area (Å²) in [5.74, 6) is 6.82. The summed E-state index contributed by atoms with van der Waals surface area (Å²) in [5.41, 5.74) is 1.88. The summed E-state index contributed by atoms with van der Waals surface area (Å²) in [6.45, 7) is 4.17. The molecule has 29 heavy (non-hydrogen) atoms. The summed E-state index contributed by atoms with van der Waals surface area (Å²) in [7, 11) is 1.62. The Kier molecular flexibility index (Phi) is 6.95. The summed E-state index contributed by atoms with van der Waals surface area (Å²) < 4.78 is 11.0. The molecule has 0 aliphatic carbocycles. The fourth-order valence-electron chi connectivity index (χ4n) is 2.50. The molecule has 3 aromatic rings. The van der Waals surface area contributed by atoms with Crippen LogP contribution < -0.4 is 10.1 Å². The Bertz CT molecular complexity index is 1020. The van der Waals surface area contributed by atoms with Gasteiger partial charge in [0.15, 0.2) is 5.82 Å². The second kappa shape index (κ2) is 9.82. The molecule has 0 bridgehead atoms. The molecule has 2 aromatic heterocycles. The van der Waals surface area contributed by atoms with E-state index in [1.54, 1.807) is 36.8 Å². The molecule has 7 heteroatoms. The minimum atomic E-state index is -0.313. The number of thiophene rings is 1. The molecule has 0 saturated carbocycles. The van der Waals surface area contributed by atoms with E-state index in [1.165, 1.54) is 6.20 Å². The number of nitrogens with zero attached hydrogens (tertiary/aromatic N) is 2. The van der Waals surface area contributed by atoms with E-state index in [-0.39, 0.29) is 12.0 Å². The lowest BCUT2D eigenvalue weighted by molar-refractivity contribution is 0.0917. The molecule has 0 radical (unpaired) electrons. The van der Waals surface area contributed by atoms with Gasteiger partial charge in [0.25, 0.3) is 5.91 Å². The second-order valence-electron chi connectivity index (χ2n) is 6.35. The minimum absolute atomic E-state index is 0.167. The van der Waals surface area contributed by atoms with E-state index in [9.17, 15) is 4.79 Å². The van der Waals surface area contributed by atoms with Crippen LogP contribution in [0.3, 0.4) is 0 Å². The van der Waals surface area contributed by atoms with Gasteiger partial charge in [-0.3, -0.25) is 9.78 Å². The first-order valence-electron chi connectivity index (χ1n) is 8.99. The summed E-state index contributed by atoms with van der Waals surface area (Å²) in [6.07, 6.45) is 2.95. The molecule has 0 spiro atoms. The Balaban J connectivity index is 1.88. The molecule has 148 valence electrons. The zero-order valence-corrected chi connectivity index (χ0v) is 17.2. The van der Waals surface area contributed by atoms with Crippen LogP contribution in [-0.4, -0.2) is 35.7 Å². The molecule has 1 amide bonds. The van der Waals surface area contributed by atoms with Crippen LogP contribution in [0.15, 0.2) is 48.1 Å². The number of nitrogens with one attached hydrogen (secondary N) is 1. The number of carbonyl (C=O) groups is 1. The molecule has 6 nitrogen and oxygen atoms in total. The average molecular weight is 407 g/mol. The maximum absolute atomic E-state index is 12.7. The first-order valence-corrected chi connectivity index (χ1v) is 9.87. The number of carbonyl (C=O) groups excluding carboxylic acids is 1. The van der Waals surface area contributed by atoms with Crippen LogP contribution in [0.25, 0.3) is 0 Å². The Morgan fingerprint density at radius 3 is 2.79 bits per heavy atom. The average Bonchev–Trinajstić information content (AvgIpc) is 3.22. The van der Waals surface area contributed by atoms with Gasteiger partial charge in [0, 0.05) is 18.2 Å². The number of anilines is 1. The smallest absolute Gasteiger partial charge is 0.257 e. The van der Waals surface area contributed by atoms with Crippen molar-refractivity contribution in [2.45, 2.75) is 20.0 Å². The molecule has 2 heterocycles. The van der Waals surface area contributed by atoms with Crippen molar-refractivity contribution in [1.82, 2.24) is 9.97 Å². The SMILES string of the molecule is COC[C@H](C)Oc1cc(C#Cc2cccs2)cc(C(=O)Nc2cnc(C)cn2)c1. The van der Waals surface area contributed by atoms with Crippen molar-refractivity contribution in [1.29, 1.82) is 0 Å². The molecular formula is C22H21N3O3S. The van der Waals surface area contributed by atoms with Crippen molar-refractivity contribution in [3.05, 3.63) is 69.8 Å². The number of ether oxygens (including phenoxy) is 2. The number of hydrogen-bond donors (Lipinski definition) is 1. The number of amides is 1. The van der Waals surface area contributed by atoms with Gasteiger partial charge in [0.2, 0.25) is 0 Å². The van der Waals surface area contributed by atoms with E-state index in [0.29, 0.717) is 29.3 Å². The standard InChI is InChI=1S/C22H21N3O3S/c1-15-12-24-21(13-23-15)25-22(26)18-9-17(6-7-20-5-4-8-29-20)10-19(11-18)28-16(2)14-27-3/h4-5,8-13,16H,14H2,1-3H3,(H,24,25,26)/t16-/m0/s1. The molecule has 0 aliphatic heterocycles. The van der Waals surface area contributed by atoms with E-state index in [2.05, 4.69) is 27.1 Å². The fraction of sp³-hybridized carbons (Fsp3) is 0.227. The Labute approximate surface area is 173 Å². The number of benzene rings is 1.